The average Bonchev–Trinajstić information content (AvgIpc) is 3.21. The molecule has 0 saturated heterocycles. The number of aromatic nitrogens is 1. The molecule has 1 N–H and O–H groups in total. The average molecular weight is 385 g/mol. The van der Waals surface area contributed by atoms with Gasteiger partial charge in [0, 0.05) is 16.5 Å². The molecule has 0 fully saturated rings. The lowest BCUT2D eigenvalue weighted by molar-refractivity contribution is 0.102. The lowest BCUT2D eigenvalue weighted by Crippen LogP contribution is -2.12. The zero-order chi connectivity index (χ0) is 18.9. The molecular weight excluding hydrogens is 364 g/mol. The predicted octanol–water partition coefficient (Wildman–Crippen LogP) is 6.09. The third-order valence-electron chi connectivity index (χ3n) is 5.40. The third-order valence-corrected chi connectivity index (χ3v) is 6.16. The van der Waals surface area contributed by atoms with Crippen LogP contribution in [0.1, 0.15) is 34.3 Å². The first-order valence-corrected chi connectivity index (χ1v) is 10.5. The van der Waals surface area contributed by atoms with Crippen molar-refractivity contribution < 1.29 is 4.79 Å². The minimum Gasteiger partial charge on any atom is -0.298 e. The molecule has 0 bridgehead atoms. The fourth-order valence-corrected chi connectivity index (χ4v) is 4.66. The number of rotatable bonds is 3. The SMILES string of the molecule is O=C(Nc1nc(-c2ccc3c(c2)CCCC3)cs1)c1cccc2ccccc12. The van der Waals surface area contributed by atoms with Crippen molar-refractivity contribution >= 4 is 33.1 Å². The highest BCUT2D eigenvalue weighted by Gasteiger charge is 2.14. The first-order valence-electron chi connectivity index (χ1n) is 9.65. The minimum absolute atomic E-state index is 0.122. The molecule has 0 atom stereocenters. The number of benzene rings is 3. The van der Waals surface area contributed by atoms with Gasteiger partial charge in [-0.1, -0.05) is 48.5 Å². The van der Waals surface area contributed by atoms with Gasteiger partial charge in [-0.3, -0.25) is 10.1 Å². The van der Waals surface area contributed by atoms with Crippen molar-refractivity contribution in [3.63, 3.8) is 0 Å². The number of carbonyl (C=O) groups excluding carboxylic acids is 1. The van der Waals surface area contributed by atoms with Crippen molar-refractivity contribution in [1.82, 2.24) is 4.98 Å². The van der Waals surface area contributed by atoms with Gasteiger partial charge in [-0.2, -0.15) is 0 Å². The lowest BCUT2D eigenvalue weighted by atomic mass is 9.90. The van der Waals surface area contributed by atoms with Gasteiger partial charge in [0.25, 0.3) is 5.91 Å². The highest BCUT2D eigenvalue weighted by molar-refractivity contribution is 7.14. The molecule has 1 aromatic heterocycles. The zero-order valence-corrected chi connectivity index (χ0v) is 16.3. The lowest BCUT2D eigenvalue weighted by Gasteiger charge is -2.16. The van der Waals surface area contributed by atoms with Crippen molar-refractivity contribution in [3.05, 3.63) is 82.7 Å². The second kappa shape index (κ2) is 7.21. The topological polar surface area (TPSA) is 42.0 Å². The van der Waals surface area contributed by atoms with Crippen LogP contribution >= 0.6 is 11.3 Å². The standard InChI is InChI=1S/C24H20N2OS/c27-23(21-11-5-9-17-7-3-4-10-20(17)21)26-24-25-22(15-28-24)19-13-12-16-6-1-2-8-18(16)14-19/h3-5,7,9-15H,1-2,6,8H2,(H,25,26,27). The number of nitrogens with one attached hydrogen (secondary N) is 1. The Bertz CT molecular complexity index is 1170. The van der Waals surface area contributed by atoms with Gasteiger partial charge < -0.3 is 0 Å². The summed E-state index contributed by atoms with van der Waals surface area (Å²) in [4.78, 5) is 17.5. The predicted molar refractivity (Wildman–Crippen MR) is 116 cm³/mol. The van der Waals surface area contributed by atoms with Crippen LogP contribution in [-0.4, -0.2) is 10.9 Å². The molecule has 3 nitrogen and oxygen atoms in total. The number of hydrogen-bond acceptors (Lipinski definition) is 3. The summed E-state index contributed by atoms with van der Waals surface area (Å²) >= 11 is 1.47. The number of aryl methyl sites for hydroxylation is 2. The van der Waals surface area contributed by atoms with Gasteiger partial charge in [0.2, 0.25) is 0 Å². The maximum Gasteiger partial charge on any atom is 0.258 e. The summed E-state index contributed by atoms with van der Waals surface area (Å²) < 4.78 is 0. The molecule has 1 aliphatic rings. The number of carbonyl (C=O) groups is 1. The third kappa shape index (κ3) is 3.20. The fraction of sp³-hybridized carbons (Fsp3) is 0.167. The van der Waals surface area contributed by atoms with E-state index in [0.29, 0.717) is 10.7 Å². The Kier molecular flexibility index (Phi) is 4.41. The van der Waals surface area contributed by atoms with Crippen molar-refractivity contribution in [1.29, 1.82) is 0 Å². The smallest absolute Gasteiger partial charge is 0.258 e. The number of thiazole rings is 1. The van der Waals surface area contributed by atoms with E-state index in [4.69, 9.17) is 0 Å². The normalized spacial score (nSPS) is 13.3. The van der Waals surface area contributed by atoms with E-state index in [1.165, 1.54) is 41.7 Å². The van der Waals surface area contributed by atoms with E-state index in [-0.39, 0.29) is 5.91 Å². The van der Waals surface area contributed by atoms with Gasteiger partial charge in [-0.25, -0.2) is 4.98 Å². The number of hydrogen-bond donors (Lipinski definition) is 1. The second-order valence-electron chi connectivity index (χ2n) is 7.21. The van der Waals surface area contributed by atoms with Crippen molar-refractivity contribution in [3.8, 4) is 11.3 Å². The number of amides is 1. The molecule has 4 heteroatoms. The van der Waals surface area contributed by atoms with Crippen molar-refractivity contribution in [2.75, 3.05) is 5.32 Å². The van der Waals surface area contributed by atoms with E-state index in [2.05, 4.69) is 28.5 Å². The summed E-state index contributed by atoms with van der Waals surface area (Å²) in [5.74, 6) is -0.122. The van der Waals surface area contributed by atoms with Gasteiger partial charge in [0.05, 0.1) is 5.69 Å². The number of fused-ring (bicyclic) bond motifs is 2. The Balaban J connectivity index is 1.40. The summed E-state index contributed by atoms with van der Waals surface area (Å²) in [5, 5.41) is 7.63. The molecule has 0 radical (unpaired) electrons. The van der Waals surface area contributed by atoms with Crippen LogP contribution in [0.15, 0.2) is 66.0 Å². The van der Waals surface area contributed by atoms with E-state index in [1.807, 2.05) is 47.8 Å². The molecule has 1 aliphatic carbocycles. The molecule has 1 amide bonds. The molecule has 5 rings (SSSR count). The fourth-order valence-electron chi connectivity index (χ4n) is 3.94. The molecule has 28 heavy (non-hydrogen) atoms. The van der Waals surface area contributed by atoms with Gasteiger partial charge in [0.15, 0.2) is 5.13 Å². The van der Waals surface area contributed by atoms with Crippen LogP contribution in [0.4, 0.5) is 5.13 Å². The quantitative estimate of drug-likeness (QED) is 0.464. The summed E-state index contributed by atoms with van der Waals surface area (Å²) in [6.07, 6.45) is 4.88. The van der Waals surface area contributed by atoms with E-state index in [0.717, 1.165) is 28.5 Å². The molecule has 4 aromatic rings. The molecule has 0 spiro atoms. The maximum atomic E-state index is 12.8. The monoisotopic (exact) mass is 384 g/mol. The first kappa shape index (κ1) is 17.1. The summed E-state index contributed by atoms with van der Waals surface area (Å²) in [6, 6.07) is 20.4. The molecule has 1 heterocycles. The van der Waals surface area contributed by atoms with Gasteiger partial charge in [0.1, 0.15) is 0 Å². The van der Waals surface area contributed by atoms with Crippen LogP contribution in [0.3, 0.4) is 0 Å². The zero-order valence-electron chi connectivity index (χ0n) is 15.4. The Morgan fingerprint density at radius 1 is 0.929 bits per heavy atom. The van der Waals surface area contributed by atoms with Crippen molar-refractivity contribution in [2.24, 2.45) is 0 Å². The number of nitrogens with zero attached hydrogens (tertiary/aromatic N) is 1. The van der Waals surface area contributed by atoms with Crippen LogP contribution in [-0.2, 0) is 12.8 Å². The Morgan fingerprint density at radius 2 is 1.75 bits per heavy atom. The van der Waals surface area contributed by atoms with E-state index >= 15 is 0 Å². The molecule has 0 aliphatic heterocycles. The summed E-state index contributed by atoms with van der Waals surface area (Å²) in [7, 11) is 0. The Morgan fingerprint density at radius 3 is 2.68 bits per heavy atom. The maximum absolute atomic E-state index is 12.8. The molecule has 138 valence electrons. The highest BCUT2D eigenvalue weighted by Crippen LogP contribution is 2.30. The summed E-state index contributed by atoms with van der Waals surface area (Å²) in [6.45, 7) is 0. The van der Waals surface area contributed by atoms with Crippen LogP contribution in [0.5, 0.6) is 0 Å². The highest BCUT2D eigenvalue weighted by atomic mass is 32.1. The van der Waals surface area contributed by atoms with Crippen LogP contribution in [0.25, 0.3) is 22.0 Å². The van der Waals surface area contributed by atoms with Crippen molar-refractivity contribution in [2.45, 2.75) is 25.7 Å². The van der Waals surface area contributed by atoms with E-state index in [1.54, 1.807) is 0 Å². The Hall–Kier alpha value is -2.98. The second-order valence-corrected chi connectivity index (χ2v) is 8.07. The molecule has 3 aromatic carbocycles. The minimum atomic E-state index is -0.122. The van der Waals surface area contributed by atoms with Gasteiger partial charge >= 0.3 is 0 Å². The van der Waals surface area contributed by atoms with E-state index in [9.17, 15) is 4.79 Å². The molecule has 0 saturated carbocycles. The van der Waals surface area contributed by atoms with Crippen LogP contribution in [0, 0.1) is 0 Å². The Labute approximate surface area is 168 Å². The number of anilines is 1. The van der Waals surface area contributed by atoms with Gasteiger partial charge in [-0.15, -0.1) is 11.3 Å². The van der Waals surface area contributed by atoms with Crippen LogP contribution < -0.4 is 5.32 Å². The van der Waals surface area contributed by atoms with Gasteiger partial charge in [-0.05, 0) is 59.7 Å². The molecule has 0 unspecified atom stereocenters. The largest absolute Gasteiger partial charge is 0.298 e. The van der Waals surface area contributed by atoms with Crippen LogP contribution in [0.2, 0.25) is 0 Å². The first-order chi connectivity index (χ1) is 13.8. The molecular formula is C24H20N2OS. The van der Waals surface area contributed by atoms with E-state index < -0.39 is 0 Å². The summed E-state index contributed by atoms with van der Waals surface area (Å²) in [5.41, 5.74) is 5.63.